The van der Waals surface area contributed by atoms with Crippen LogP contribution in [0.2, 0.25) is 0 Å². The van der Waals surface area contributed by atoms with Gasteiger partial charge in [0.15, 0.2) is 0 Å². The van der Waals surface area contributed by atoms with Crippen molar-refractivity contribution in [1.29, 1.82) is 0 Å². The number of nitrogens with zero attached hydrogens (tertiary/aromatic N) is 2. The van der Waals surface area contributed by atoms with Gasteiger partial charge in [-0.1, -0.05) is 156 Å². The van der Waals surface area contributed by atoms with Crippen LogP contribution in [0.25, 0.3) is 0 Å². The van der Waals surface area contributed by atoms with Gasteiger partial charge < -0.3 is 43.0 Å². The molecule has 2 aliphatic heterocycles. The molecule has 3 atom stereocenters. The van der Waals surface area contributed by atoms with Crippen LogP contribution in [-0.2, 0) is 61.9 Å². The maximum atomic E-state index is 13.7. The van der Waals surface area contributed by atoms with Gasteiger partial charge in [-0.15, -0.1) is 0 Å². The highest BCUT2D eigenvalue weighted by Crippen LogP contribution is 2.23. The number of hydrogen-bond donors (Lipinski definition) is 0. The minimum atomic E-state index is -0.898. The molecule has 0 N–H and O–H groups in total. The van der Waals surface area contributed by atoms with E-state index in [9.17, 15) is 33.6 Å². The van der Waals surface area contributed by atoms with Gasteiger partial charge in [0.2, 0.25) is 0 Å². The van der Waals surface area contributed by atoms with E-state index in [1.165, 1.54) is 4.90 Å². The number of rotatable bonds is 43. The minimum Gasteiger partial charge on any atom is -0.465 e. The van der Waals surface area contributed by atoms with Gasteiger partial charge in [-0.05, 0) is 39.2 Å². The van der Waals surface area contributed by atoms with E-state index >= 15 is 0 Å². The predicted octanol–water partition coefficient (Wildman–Crippen LogP) is 11.5. The Morgan fingerprint density at radius 3 is 1.01 bits per heavy atom. The first-order valence-corrected chi connectivity index (χ1v) is 29.0. The summed E-state index contributed by atoms with van der Waals surface area (Å²) >= 11 is 0. The summed E-state index contributed by atoms with van der Waals surface area (Å²) in [5.41, 5.74) is 0. The Hall–Kier alpha value is -3.95. The summed E-state index contributed by atoms with van der Waals surface area (Å²) in [6.45, 7) is 9.35. The van der Waals surface area contributed by atoms with E-state index in [1.54, 1.807) is 0 Å². The molecule has 2 heterocycles. The molecule has 2 aliphatic rings. The predicted molar refractivity (Wildman–Crippen MR) is 280 cm³/mol. The molecular weight excluding hydrogens is 937 g/mol. The second-order valence-corrected chi connectivity index (χ2v) is 20.9. The van der Waals surface area contributed by atoms with Crippen molar-refractivity contribution < 1.29 is 66.7 Å². The molecule has 0 saturated carbocycles. The van der Waals surface area contributed by atoms with Crippen LogP contribution in [0, 0.1) is 11.8 Å². The van der Waals surface area contributed by atoms with E-state index in [4.69, 9.17) is 33.2 Å². The summed E-state index contributed by atoms with van der Waals surface area (Å²) < 4.78 is 40.3. The van der Waals surface area contributed by atoms with E-state index < -0.39 is 42.1 Å². The molecule has 0 spiro atoms. The van der Waals surface area contributed by atoms with Gasteiger partial charge in [0, 0.05) is 57.0 Å². The summed E-state index contributed by atoms with van der Waals surface area (Å²) in [7, 11) is 1.94. The van der Waals surface area contributed by atoms with Crippen molar-refractivity contribution in [1.82, 2.24) is 9.80 Å². The third-order valence-electron chi connectivity index (χ3n) is 13.6. The molecule has 16 nitrogen and oxygen atoms in total. The fourth-order valence-corrected chi connectivity index (χ4v) is 9.14. The number of likely N-dealkylation sites (tertiary alicyclic amines) is 2. The van der Waals surface area contributed by atoms with Crippen LogP contribution in [0.3, 0.4) is 0 Å². The number of carbonyl (C=O) groups is 7. The van der Waals surface area contributed by atoms with E-state index in [-0.39, 0.29) is 114 Å². The van der Waals surface area contributed by atoms with Gasteiger partial charge in [-0.2, -0.15) is 0 Å². The van der Waals surface area contributed by atoms with E-state index in [0.29, 0.717) is 38.6 Å². The van der Waals surface area contributed by atoms with Gasteiger partial charge >= 0.3 is 41.9 Å². The molecule has 0 aromatic rings. The van der Waals surface area contributed by atoms with Crippen LogP contribution in [0.15, 0.2) is 0 Å². The molecule has 422 valence electrons. The standard InChI is InChI=1S/C57H100N2O14/c1-6-10-14-18-22-26-30-51(60)67-42-46(43-68-52(61)31-27-23-19-15-11-7-2)36-55(64)71-49-38-50(41-59(40-49)57(66)73-48-34-35-58(5)39-48)72-56(65)37-47(44-69-53(62)32-28-24-20-16-12-8-3)45-70-54(63)33-29-25-21-17-13-9-4/h46-50H,6-45H2,1-5H3/t48?,49-,50-/m1/s1. The molecule has 16 heteroatoms. The molecule has 0 aromatic carbocycles. The highest BCUT2D eigenvalue weighted by atomic mass is 16.6. The highest BCUT2D eigenvalue weighted by Gasteiger charge is 2.37. The number of hydrogen-bond acceptors (Lipinski definition) is 15. The van der Waals surface area contributed by atoms with E-state index in [2.05, 4.69) is 32.6 Å². The van der Waals surface area contributed by atoms with Crippen molar-refractivity contribution >= 4 is 41.9 Å². The zero-order valence-corrected chi connectivity index (χ0v) is 46.3. The number of esters is 6. The Balaban J connectivity index is 2.15. The summed E-state index contributed by atoms with van der Waals surface area (Å²) in [5, 5.41) is 0. The lowest BCUT2D eigenvalue weighted by Crippen LogP contribution is -2.51. The number of ether oxygens (including phenoxy) is 7. The molecule has 1 unspecified atom stereocenters. The Labute approximate surface area is 440 Å². The van der Waals surface area contributed by atoms with Crippen LogP contribution in [0.1, 0.15) is 233 Å². The fourth-order valence-electron chi connectivity index (χ4n) is 9.14. The van der Waals surface area contributed by atoms with Crippen molar-refractivity contribution in [3.63, 3.8) is 0 Å². The van der Waals surface area contributed by atoms with E-state index in [1.807, 2.05) is 7.05 Å². The van der Waals surface area contributed by atoms with Crippen LogP contribution >= 0.6 is 0 Å². The average Bonchev–Trinajstić information content (AvgIpc) is 3.78. The van der Waals surface area contributed by atoms with Crippen LogP contribution in [0.5, 0.6) is 0 Å². The first-order chi connectivity index (χ1) is 35.3. The highest BCUT2D eigenvalue weighted by molar-refractivity contribution is 5.73. The first kappa shape index (κ1) is 65.2. The number of piperidine rings is 1. The molecule has 0 bridgehead atoms. The molecule has 2 saturated heterocycles. The summed E-state index contributed by atoms with van der Waals surface area (Å²) in [5.74, 6) is -4.20. The van der Waals surface area contributed by atoms with Gasteiger partial charge in [0.05, 0.1) is 52.4 Å². The monoisotopic (exact) mass is 1040 g/mol. The average molecular weight is 1040 g/mol. The van der Waals surface area contributed by atoms with Crippen LogP contribution < -0.4 is 0 Å². The van der Waals surface area contributed by atoms with Crippen molar-refractivity contribution in [3.05, 3.63) is 0 Å². The van der Waals surface area contributed by atoms with Crippen LogP contribution in [-0.4, -0.2) is 130 Å². The van der Waals surface area contributed by atoms with Gasteiger partial charge in [-0.3, -0.25) is 28.8 Å². The second-order valence-electron chi connectivity index (χ2n) is 20.9. The third kappa shape index (κ3) is 34.3. The van der Waals surface area contributed by atoms with Gasteiger partial charge in [0.1, 0.15) is 18.3 Å². The van der Waals surface area contributed by atoms with Gasteiger partial charge in [-0.25, -0.2) is 4.79 Å². The quantitative estimate of drug-likeness (QED) is 0.0318. The topological polar surface area (TPSA) is 191 Å². The molecule has 1 amide bonds. The lowest BCUT2D eigenvalue weighted by atomic mass is 10.0. The zero-order chi connectivity index (χ0) is 53.3. The number of unbranched alkanes of at least 4 members (excludes halogenated alkanes) is 20. The largest absolute Gasteiger partial charge is 0.465 e. The number of carbonyl (C=O) groups excluding carboxylic acids is 7. The minimum absolute atomic E-state index is 0.0158. The molecule has 0 aromatic heterocycles. The maximum Gasteiger partial charge on any atom is 0.410 e. The first-order valence-electron chi connectivity index (χ1n) is 29.0. The Bertz CT molecular complexity index is 1370. The Morgan fingerprint density at radius 2 is 0.712 bits per heavy atom. The van der Waals surface area contributed by atoms with E-state index in [0.717, 1.165) is 135 Å². The smallest absolute Gasteiger partial charge is 0.410 e. The Morgan fingerprint density at radius 1 is 0.397 bits per heavy atom. The normalized spacial score (nSPS) is 16.9. The fraction of sp³-hybridized carbons (Fsp3) is 0.877. The summed E-state index contributed by atoms with van der Waals surface area (Å²) in [4.78, 5) is 95.6. The SMILES string of the molecule is CCCCCCCCC(=O)OCC(COC(=O)CCCCCCCC)CC(=O)O[C@@H]1C[C@@H](OC(=O)CC(COC(=O)CCCCCCCC)COC(=O)CCCCCCCC)CN(C(=O)OC2CCN(C)C2)C1. The van der Waals surface area contributed by atoms with Crippen LogP contribution in [0.4, 0.5) is 4.79 Å². The lowest BCUT2D eigenvalue weighted by molar-refractivity contribution is -0.167. The summed E-state index contributed by atoms with van der Waals surface area (Å²) in [6.07, 6.45) is 22.9. The molecule has 0 radical (unpaired) electrons. The second kappa shape index (κ2) is 42.3. The molecule has 0 aliphatic carbocycles. The zero-order valence-electron chi connectivity index (χ0n) is 46.3. The van der Waals surface area contributed by atoms with Gasteiger partial charge in [0.25, 0.3) is 0 Å². The Kier molecular flexibility index (Phi) is 37.8. The van der Waals surface area contributed by atoms with Crippen molar-refractivity contribution in [3.8, 4) is 0 Å². The summed E-state index contributed by atoms with van der Waals surface area (Å²) in [6, 6.07) is 0. The van der Waals surface area contributed by atoms with Crippen molar-refractivity contribution in [2.24, 2.45) is 11.8 Å². The third-order valence-corrected chi connectivity index (χ3v) is 13.6. The lowest BCUT2D eigenvalue weighted by Gasteiger charge is -2.37. The van der Waals surface area contributed by atoms with Crippen molar-refractivity contribution in [2.75, 3.05) is 59.7 Å². The molecular formula is C57H100N2O14. The number of amides is 1. The van der Waals surface area contributed by atoms with Crippen molar-refractivity contribution in [2.45, 2.75) is 251 Å². The molecule has 2 fully saturated rings. The maximum absolute atomic E-state index is 13.7. The molecule has 73 heavy (non-hydrogen) atoms. The molecule has 2 rings (SSSR count). The number of likely N-dealkylation sites (N-methyl/N-ethyl adjacent to an activating group) is 1.